The first-order chi connectivity index (χ1) is 10.7. The highest BCUT2D eigenvalue weighted by molar-refractivity contribution is 9.10. The van der Waals surface area contributed by atoms with Crippen LogP contribution >= 0.6 is 15.9 Å². The fourth-order valence-corrected chi connectivity index (χ4v) is 2.75. The molecule has 0 aliphatic heterocycles. The summed E-state index contributed by atoms with van der Waals surface area (Å²) in [6, 6.07) is 9.61. The van der Waals surface area contributed by atoms with Crippen LogP contribution in [0.3, 0.4) is 0 Å². The van der Waals surface area contributed by atoms with Gasteiger partial charge in [-0.3, -0.25) is 4.99 Å². The molecule has 23 heavy (non-hydrogen) atoms. The fraction of sp³-hybridized carbons (Fsp3) is 0.316. The van der Waals surface area contributed by atoms with Crippen LogP contribution < -0.4 is 4.74 Å². The highest BCUT2D eigenvalue weighted by atomic mass is 79.9. The number of ether oxygens (including phenoxy) is 1. The molecule has 0 radical (unpaired) electrons. The molecule has 0 fully saturated rings. The molecule has 2 aromatic carbocycles. The summed E-state index contributed by atoms with van der Waals surface area (Å²) < 4.78 is 6.29. The average molecular weight is 376 g/mol. The summed E-state index contributed by atoms with van der Waals surface area (Å²) in [6.07, 6.45) is 1.71. The number of halogens is 1. The molecule has 1 N–H and O–H groups in total. The highest BCUT2D eigenvalue weighted by Gasteiger charge is 2.20. The van der Waals surface area contributed by atoms with Gasteiger partial charge in [-0.25, -0.2) is 0 Å². The summed E-state index contributed by atoms with van der Waals surface area (Å²) in [5.74, 6) is 0.966. The maximum atomic E-state index is 10.6. The van der Waals surface area contributed by atoms with E-state index in [1.54, 1.807) is 13.3 Å². The van der Waals surface area contributed by atoms with E-state index in [1.165, 1.54) is 0 Å². The molecule has 0 bridgehead atoms. The molecule has 0 heterocycles. The maximum Gasteiger partial charge on any atom is 0.144 e. The molecule has 0 unspecified atom stereocenters. The number of phenolic OH excluding ortho intramolecular Hbond substituents is 1. The van der Waals surface area contributed by atoms with Crippen molar-refractivity contribution < 1.29 is 9.84 Å². The fourth-order valence-electron chi connectivity index (χ4n) is 2.37. The van der Waals surface area contributed by atoms with Gasteiger partial charge in [0.15, 0.2) is 0 Å². The molecule has 0 aromatic heterocycles. The van der Waals surface area contributed by atoms with Crippen LogP contribution in [-0.4, -0.2) is 18.4 Å². The number of aliphatic imine (C=N–C) groups is 1. The Bertz CT molecular complexity index is 746. The summed E-state index contributed by atoms with van der Waals surface area (Å²) in [6.45, 7) is 8.23. The lowest BCUT2D eigenvalue weighted by atomic mass is 9.85. The minimum Gasteiger partial charge on any atom is -0.505 e. The Hall–Kier alpha value is -1.81. The van der Waals surface area contributed by atoms with Crippen LogP contribution in [0.2, 0.25) is 0 Å². The monoisotopic (exact) mass is 375 g/mol. The summed E-state index contributed by atoms with van der Waals surface area (Å²) in [7, 11) is 1.63. The molecule has 0 spiro atoms. The molecule has 0 aliphatic carbocycles. The second kappa shape index (κ2) is 6.75. The van der Waals surface area contributed by atoms with Crippen molar-refractivity contribution in [1.82, 2.24) is 0 Å². The van der Waals surface area contributed by atoms with E-state index >= 15 is 0 Å². The molecular weight excluding hydrogens is 354 g/mol. The number of nitrogens with zero attached hydrogens (tertiary/aromatic N) is 1. The first-order valence-corrected chi connectivity index (χ1v) is 8.23. The molecule has 3 nitrogen and oxygen atoms in total. The van der Waals surface area contributed by atoms with E-state index < -0.39 is 0 Å². The van der Waals surface area contributed by atoms with Gasteiger partial charge in [0.05, 0.1) is 7.11 Å². The topological polar surface area (TPSA) is 41.8 Å². The van der Waals surface area contributed by atoms with Gasteiger partial charge in [0.25, 0.3) is 0 Å². The third-order valence-electron chi connectivity index (χ3n) is 3.58. The molecule has 0 aliphatic rings. The van der Waals surface area contributed by atoms with Gasteiger partial charge < -0.3 is 9.84 Å². The lowest BCUT2D eigenvalue weighted by Gasteiger charge is -2.21. The predicted octanol–water partition coefficient (Wildman–Crippen LogP) is 5.52. The zero-order chi connectivity index (χ0) is 17.2. The second-order valence-corrected chi connectivity index (χ2v) is 7.49. The van der Waals surface area contributed by atoms with Crippen molar-refractivity contribution in [2.45, 2.75) is 33.1 Å². The van der Waals surface area contributed by atoms with E-state index in [2.05, 4.69) is 41.7 Å². The maximum absolute atomic E-state index is 10.6. The third-order valence-corrected chi connectivity index (χ3v) is 4.07. The summed E-state index contributed by atoms with van der Waals surface area (Å²) in [5.41, 5.74) is 3.23. The first kappa shape index (κ1) is 17.5. The Balaban J connectivity index is 2.49. The second-order valence-electron chi connectivity index (χ2n) is 6.57. The summed E-state index contributed by atoms with van der Waals surface area (Å²) in [5, 5.41) is 10.6. The van der Waals surface area contributed by atoms with E-state index in [1.807, 2.05) is 37.3 Å². The van der Waals surface area contributed by atoms with Gasteiger partial charge in [0.1, 0.15) is 17.2 Å². The smallest absolute Gasteiger partial charge is 0.144 e. The van der Waals surface area contributed by atoms with Crippen molar-refractivity contribution in [1.29, 1.82) is 0 Å². The van der Waals surface area contributed by atoms with Crippen molar-refractivity contribution in [3.8, 4) is 11.5 Å². The van der Waals surface area contributed by atoms with Gasteiger partial charge >= 0.3 is 0 Å². The summed E-state index contributed by atoms with van der Waals surface area (Å²) >= 11 is 3.45. The molecule has 4 heteroatoms. The number of methoxy groups -OCH3 is 1. The zero-order valence-electron chi connectivity index (χ0n) is 14.1. The van der Waals surface area contributed by atoms with Crippen LogP contribution in [-0.2, 0) is 5.41 Å². The number of benzene rings is 2. The van der Waals surface area contributed by atoms with Gasteiger partial charge in [-0.1, -0.05) is 42.8 Å². The molecular formula is C19H22BrNO2. The lowest BCUT2D eigenvalue weighted by Crippen LogP contribution is -2.11. The number of aryl methyl sites for hydroxylation is 1. The van der Waals surface area contributed by atoms with Gasteiger partial charge in [-0.05, 0) is 42.2 Å². The number of hydrogen-bond acceptors (Lipinski definition) is 3. The van der Waals surface area contributed by atoms with E-state index in [0.29, 0.717) is 5.69 Å². The van der Waals surface area contributed by atoms with Crippen LogP contribution in [0.25, 0.3) is 0 Å². The minimum absolute atomic E-state index is 0.145. The number of aromatic hydroxyl groups is 1. The van der Waals surface area contributed by atoms with Gasteiger partial charge in [-0.2, -0.15) is 0 Å². The average Bonchev–Trinajstić information content (AvgIpc) is 2.46. The van der Waals surface area contributed by atoms with Crippen molar-refractivity contribution in [2.24, 2.45) is 4.99 Å². The van der Waals surface area contributed by atoms with Crippen LogP contribution in [0.4, 0.5) is 5.69 Å². The quantitative estimate of drug-likeness (QED) is 0.717. The Morgan fingerprint density at radius 2 is 1.87 bits per heavy atom. The number of hydrogen-bond donors (Lipinski definition) is 1. The molecule has 0 amide bonds. The third kappa shape index (κ3) is 4.14. The van der Waals surface area contributed by atoms with Gasteiger partial charge in [0.2, 0.25) is 0 Å². The van der Waals surface area contributed by atoms with Crippen LogP contribution in [0.1, 0.15) is 37.5 Å². The van der Waals surface area contributed by atoms with E-state index in [0.717, 1.165) is 26.9 Å². The Kier molecular flexibility index (Phi) is 5.15. The van der Waals surface area contributed by atoms with Gasteiger partial charge in [-0.15, -0.1) is 0 Å². The SMILES string of the molecule is COc1ccc(Br)cc1C=Nc1cc(C)cc(C(C)(C)C)c1O. The van der Waals surface area contributed by atoms with E-state index in [4.69, 9.17) is 4.74 Å². The Morgan fingerprint density at radius 1 is 1.17 bits per heavy atom. The van der Waals surface area contributed by atoms with Gasteiger partial charge in [0, 0.05) is 21.8 Å². The molecule has 0 saturated heterocycles. The molecule has 122 valence electrons. The Labute approximate surface area is 146 Å². The summed E-state index contributed by atoms with van der Waals surface area (Å²) in [4.78, 5) is 4.48. The van der Waals surface area contributed by atoms with E-state index in [9.17, 15) is 5.11 Å². The van der Waals surface area contributed by atoms with Crippen molar-refractivity contribution in [3.05, 3.63) is 51.5 Å². The van der Waals surface area contributed by atoms with Crippen molar-refractivity contribution in [2.75, 3.05) is 7.11 Å². The predicted molar refractivity (Wildman–Crippen MR) is 99.5 cm³/mol. The normalized spacial score (nSPS) is 11.9. The number of phenols is 1. The van der Waals surface area contributed by atoms with Crippen LogP contribution in [0, 0.1) is 6.92 Å². The first-order valence-electron chi connectivity index (χ1n) is 7.44. The lowest BCUT2D eigenvalue weighted by molar-refractivity contribution is 0.414. The molecule has 0 atom stereocenters. The molecule has 2 aromatic rings. The highest BCUT2D eigenvalue weighted by Crippen LogP contribution is 2.38. The van der Waals surface area contributed by atoms with Crippen molar-refractivity contribution in [3.63, 3.8) is 0 Å². The van der Waals surface area contributed by atoms with Crippen molar-refractivity contribution >= 4 is 27.8 Å². The molecule has 2 rings (SSSR count). The van der Waals surface area contributed by atoms with Crippen LogP contribution in [0.15, 0.2) is 39.8 Å². The largest absolute Gasteiger partial charge is 0.505 e. The standard InChI is InChI=1S/C19H22BrNO2/c1-12-8-15(19(2,3)4)18(22)16(9-12)21-11-13-10-14(20)6-7-17(13)23-5/h6-11,22H,1-5H3. The number of rotatable bonds is 3. The Morgan fingerprint density at radius 3 is 2.48 bits per heavy atom. The minimum atomic E-state index is -0.145. The molecule has 0 saturated carbocycles. The zero-order valence-corrected chi connectivity index (χ0v) is 15.7. The van der Waals surface area contributed by atoms with E-state index in [-0.39, 0.29) is 11.2 Å². The van der Waals surface area contributed by atoms with Crippen LogP contribution in [0.5, 0.6) is 11.5 Å².